The van der Waals surface area contributed by atoms with Crippen molar-refractivity contribution >= 4 is 0 Å². The third-order valence-electron chi connectivity index (χ3n) is 1.94. The first-order valence-corrected chi connectivity index (χ1v) is 5.41. The molecule has 0 unspecified atom stereocenters. The lowest BCUT2D eigenvalue weighted by Crippen LogP contribution is -2.12. The molecule has 6 nitrogen and oxygen atoms in total. The molecule has 17 heavy (non-hydrogen) atoms. The highest BCUT2D eigenvalue weighted by Gasteiger charge is 2.02. The molecule has 0 aliphatic rings. The fraction of sp³-hybridized carbons (Fsp3) is 0.636. The molecule has 0 amide bonds. The van der Waals surface area contributed by atoms with Crippen LogP contribution in [0.4, 0.5) is 0 Å². The van der Waals surface area contributed by atoms with E-state index in [1.807, 2.05) is 6.92 Å². The molecule has 96 valence electrons. The Hall–Kier alpha value is -1.24. The SMILES string of the molecule is COCCOCCOc1nc(C)cc(CO)n1. The van der Waals surface area contributed by atoms with Crippen LogP contribution in [0, 0.1) is 6.92 Å². The number of rotatable bonds is 8. The summed E-state index contributed by atoms with van der Waals surface area (Å²) in [5, 5.41) is 8.97. The summed E-state index contributed by atoms with van der Waals surface area (Å²) in [6.07, 6.45) is 0. The average Bonchev–Trinajstić information content (AvgIpc) is 2.33. The molecule has 0 bridgehead atoms. The van der Waals surface area contributed by atoms with Gasteiger partial charge in [-0.05, 0) is 13.0 Å². The van der Waals surface area contributed by atoms with E-state index in [1.54, 1.807) is 13.2 Å². The van der Waals surface area contributed by atoms with Crippen LogP contribution in [0.25, 0.3) is 0 Å². The summed E-state index contributed by atoms with van der Waals surface area (Å²) in [6, 6.07) is 1.98. The van der Waals surface area contributed by atoms with Crippen LogP contribution < -0.4 is 4.74 Å². The van der Waals surface area contributed by atoms with Crippen LogP contribution in [0.1, 0.15) is 11.4 Å². The van der Waals surface area contributed by atoms with E-state index in [1.165, 1.54) is 0 Å². The lowest BCUT2D eigenvalue weighted by molar-refractivity contribution is 0.0527. The number of aliphatic hydroxyl groups is 1. The van der Waals surface area contributed by atoms with Gasteiger partial charge in [-0.3, -0.25) is 0 Å². The predicted molar refractivity (Wildman–Crippen MR) is 60.9 cm³/mol. The minimum Gasteiger partial charge on any atom is -0.461 e. The molecule has 0 spiro atoms. The smallest absolute Gasteiger partial charge is 0.316 e. The summed E-state index contributed by atoms with van der Waals surface area (Å²) in [5.74, 6) is 0. The number of ether oxygens (including phenoxy) is 3. The Labute approximate surface area is 101 Å². The first-order valence-electron chi connectivity index (χ1n) is 5.41. The van der Waals surface area contributed by atoms with Gasteiger partial charge < -0.3 is 19.3 Å². The highest BCUT2D eigenvalue weighted by molar-refractivity contribution is 5.11. The monoisotopic (exact) mass is 242 g/mol. The maximum Gasteiger partial charge on any atom is 0.316 e. The van der Waals surface area contributed by atoms with E-state index >= 15 is 0 Å². The second kappa shape index (κ2) is 7.94. The third kappa shape index (κ3) is 5.58. The summed E-state index contributed by atoms with van der Waals surface area (Å²) in [7, 11) is 1.62. The van der Waals surface area contributed by atoms with Gasteiger partial charge in [0.15, 0.2) is 0 Å². The Kier molecular flexibility index (Phi) is 6.46. The van der Waals surface area contributed by atoms with E-state index in [-0.39, 0.29) is 12.6 Å². The highest BCUT2D eigenvalue weighted by Crippen LogP contribution is 2.06. The number of hydrogen-bond donors (Lipinski definition) is 1. The van der Waals surface area contributed by atoms with Crippen molar-refractivity contribution in [1.82, 2.24) is 9.97 Å². The summed E-state index contributed by atoms with van der Waals surface area (Å²) in [5.41, 5.74) is 1.31. The summed E-state index contributed by atoms with van der Waals surface area (Å²) in [6.45, 7) is 3.63. The molecule has 1 aromatic heterocycles. The van der Waals surface area contributed by atoms with Crippen molar-refractivity contribution in [1.29, 1.82) is 0 Å². The zero-order chi connectivity index (χ0) is 12.5. The number of nitrogens with zero attached hydrogens (tertiary/aromatic N) is 2. The van der Waals surface area contributed by atoms with Gasteiger partial charge in [-0.15, -0.1) is 0 Å². The van der Waals surface area contributed by atoms with Gasteiger partial charge in [-0.2, -0.15) is 4.98 Å². The fourth-order valence-electron chi connectivity index (χ4n) is 1.19. The maximum atomic E-state index is 8.97. The second-order valence-corrected chi connectivity index (χ2v) is 3.39. The van der Waals surface area contributed by atoms with Crippen molar-refractivity contribution in [2.45, 2.75) is 13.5 Å². The quantitative estimate of drug-likeness (QED) is 0.662. The maximum absolute atomic E-state index is 8.97. The molecule has 0 aromatic carbocycles. The van der Waals surface area contributed by atoms with Gasteiger partial charge in [0.1, 0.15) is 6.61 Å². The van der Waals surface area contributed by atoms with Gasteiger partial charge in [0, 0.05) is 12.8 Å². The van der Waals surface area contributed by atoms with Crippen molar-refractivity contribution in [3.8, 4) is 6.01 Å². The average molecular weight is 242 g/mol. The lowest BCUT2D eigenvalue weighted by atomic mass is 10.3. The topological polar surface area (TPSA) is 73.7 Å². The number of aromatic nitrogens is 2. The molecule has 1 N–H and O–H groups in total. The fourth-order valence-corrected chi connectivity index (χ4v) is 1.19. The van der Waals surface area contributed by atoms with E-state index < -0.39 is 0 Å². The van der Waals surface area contributed by atoms with Crippen LogP contribution in [0.5, 0.6) is 6.01 Å². The molecule has 0 saturated carbocycles. The van der Waals surface area contributed by atoms with Crippen LogP contribution in [-0.2, 0) is 16.1 Å². The predicted octanol–water partition coefficient (Wildman–Crippen LogP) is 0.319. The molecular formula is C11H18N2O4. The van der Waals surface area contributed by atoms with Crippen LogP contribution >= 0.6 is 0 Å². The molecule has 0 fully saturated rings. The normalized spacial score (nSPS) is 10.5. The summed E-state index contributed by atoms with van der Waals surface area (Å²) < 4.78 is 15.4. The van der Waals surface area contributed by atoms with Crippen LogP contribution in [0.2, 0.25) is 0 Å². The van der Waals surface area contributed by atoms with Gasteiger partial charge in [0.05, 0.1) is 32.1 Å². The van der Waals surface area contributed by atoms with E-state index in [0.717, 1.165) is 5.69 Å². The molecule has 1 heterocycles. The highest BCUT2D eigenvalue weighted by atomic mass is 16.5. The van der Waals surface area contributed by atoms with Gasteiger partial charge in [-0.1, -0.05) is 0 Å². The first kappa shape index (κ1) is 13.8. The molecule has 0 atom stereocenters. The molecule has 0 radical (unpaired) electrons. The minimum atomic E-state index is -0.121. The largest absolute Gasteiger partial charge is 0.461 e. The standard InChI is InChI=1S/C11H18N2O4/c1-9-7-10(8-14)13-11(12-9)17-6-5-16-4-3-15-2/h7,14H,3-6,8H2,1-2H3. The minimum absolute atomic E-state index is 0.121. The van der Waals surface area contributed by atoms with E-state index in [0.29, 0.717) is 32.1 Å². The zero-order valence-electron chi connectivity index (χ0n) is 10.2. The lowest BCUT2D eigenvalue weighted by Gasteiger charge is -2.07. The second-order valence-electron chi connectivity index (χ2n) is 3.39. The first-order chi connectivity index (χ1) is 8.26. The van der Waals surface area contributed by atoms with E-state index in [2.05, 4.69) is 9.97 Å². The molecule has 0 aliphatic carbocycles. The Morgan fingerprint density at radius 1 is 1.18 bits per heavy atom. The Bertz CT molecular complexity index is 333. The number of aliphatic hydroxyl groups excluding tert-OH is 1. The van der Waals surface area contributed by atoms with Gasteiger partial charge in [0.2, 0.25) is 0 Å². The molecule has 1 rings (SSSR count). The van der Waals surface area contributed by atoms with Gasteiger partial charge in [0.25, 0.3) is 0 Å². The summed E-state index contributed by atoms with van der Waals surface area (Å²) >= 11 is 0. The Balaban J connectivity index is 2.28. The number of aryl methyl sites for hydroxylation is 1. The van der Waals surface area contributed by atoms with E-state index in [4.69, 9.17) is 19.3 Å². The van der Waals surface area contributed by atoms with Gasteiger partial charge >= 0.3 is 6.01 Å². The summed E-state index contributed by atoms with van der Waals surface area (Å²) in [4.78, 5) is 8.11. The van der Waals surface area contributed by atoms with Crippen LogP contribution in [-0.4, -0.2) is 48.6 Å². The number of methoxy groups -OCH3 is 1. The number of hydrogen-bond acceptors (Lipinski definition) is 6. The molecule has 0 saturated heterocycles. The van der Waals surface area contributed by atoms with Crippen molar-refractivity contribution < 1.29 is 19.3 Å². The molecular weight excluding hydrogens is 224 g/mol. The third-order valence-corrected chi connectivity index (χ3v) is 1.94. The zero-order valence-corrected chi connectivity index (χ0v) is 10.2. The van der Waals surface area contributed by atoms with Crippen LogP contribution in [0.15, 0.2) is 6.07 Å². The Morgan fingerprint density at radius 3 is 2.65 bits per heavy atom. The van der Waals surface area contributed by atoms with Gasteiger partial charge in [-0.25, -0.2) is 4.98 Å². The van der Waals surface area contributed by atoms with Crippen molar-refractivity contribution in [2.24, 2.45) is 0 Å². The Morgan fingerprint density at radius 2 is 1.94 bits per heavy atom. The van der Waals surface area contributed by atoms with Crippen LogP contribution in [0.3, 0.4) is 0 Å². The molecule has 0 aliphatic heterocycles. The van der Waals surface area contributed by atoms with E-state index in [9.17, 15) is 0 Å². The van der Waals surface area contributed by atoms with Crippen molar-refractivity contribution in [3.05, 3.63) is 17.5 Å². The van der Waals surface area contributed by atoms with Crippen molar-refractivity contribution in [2.75, 3.05) is 33.5 Å². The molecule has 1 aromatic rings. The molecule has 6 heteroatoms. The van der Waals surface area contributed by atoms with Crippen molar-refractivity contribution in [3.63, 3.8) is 0 Å².